The van der Waals surface area contributed by atoms with Crippen LogP contribution in [0.2, 0.25) is 5.02 Å². The quantitative estimate of drug-likeness (QED) is 0.848. The van der Waals surface area contributed by atoms with Gasteiger partial charge in [0.2, 0.25) is 5.91 Å². The van der Waals surface area contributed by atoms with Gasteiger partial charge in [-0.3, -0.25) is 14.6 Å². The molecule has 2 amide bonds. The summed E-state index contributed by atoms with van der Waals surface area (Å²) in [6.45, 7) is 2.44. The summed E-state index contributed by atoms with van der Waals surface area (Å²) in [4.78, 5) is 32.7. The van der Waals surface area contributed by atoms with Crippen LogP contribution in [-0.4, -0.2) is 52.8 Å². The van der Waals surface area contributed by atoms with Crippen molar-refractivity contribution in [1.29, 1.82) is 0 Å². The van der Waals surface area contributed by atoms with E-state index in [2.05, 4.69) is 4.98 Å². The zero-order valence-electron chi connectivity index (χ0n) is 13.9. The number of nitrogens with zero attached hydrogens (tertiary/aromatic N) is 3. The second kappa shape index (κ2) is 8.12. The van der Waals surface area contributed by atoms with E-state index in [1.807, 2.05) is 21.9 Å². The fourth-order valence-corrected chi connectivity index (χ4v) is 3.06. The molecular formula is C19H20ClN3O2. The molecule has 0 N–H and O–H groups in total. The lowest BCUT2D eigenvalue weighted by Crippen LogP contribution is -2.38. The van der Waals surface area contributed by atoms with E-state index in [-0.39, 0.29) is 11.8 Å². The maximum atomic E-state index is 12.5. The van der Waals surface area contributed by atoms with Gasteiger partial charge in [0.25, 0.3) is 5.91 Å². The number of benzene rings is 1. The first-order valence-corrected chi connectivity index (χ1v) is 8.73. The second-order valence-corrected chi connectivity index (χ2v) is 6.50. The first-order chi connectivity index (χ1) is 12.1. The summed E-state index contributed by atoms with van der Waals surface area (Å²) in [6.07, 6.45) is 4.37. The molecule has 25 heavy (non-hydrogen) atoms. The van der Waals surface area contributed by atoms with Crippen molar-refractivity contribution in [2.45, 2.75) is 12.8 Å². The maximum Gasteiger partial charge on any atom is 0.254 e. The Labute approximate surface area is 152 Å². The highest BCUT2D eigenvalue weighted by Gasteiger charge is 2.22. The number of aromatic nitrogens is 1. The van der Waals surface area contributed by atoms with E-state index in [4.69, 9.17) is 11.6 Å². The van der Waals surface area contributed by atoms with Gasteiger partial charge in [0, 0.05) is 49.2 Å². The van der Waals surface area contributed by atoms with Crippen molar-refractivity contribution in [1.82, 2.24) is 14.8 Å². The zero-order chi connectivity index (χ0) is 17.6. The molecule has 2 aromatic rings. The van der Waals surface area contributed by atoms with Crippen molar-refractivity contribution in [2.75, 3.05) is 26.2 Å². The molecule has 1 aliphatic rings. The molecule has 3 rings (SSSR count). The van der Waals surface area contributed by atoms with Crippen LogP contribution in [0, 0.1) is 0 Å². The Kier molecular flexibility index (Phi) is 5.66. The predicted octanol–water partition coefficient (Wildman–Crippen LogP) is 2.65. The highest BCUT2D eigenvalue weighted by atomic mass is 35.5. The van der Waals surface area contributed by atoms with Gasteiger partial charge in [0.1, 0.15) is 0 Å². The molecule has 1 aromatic heterocycles. The van der Waals surface area contributed by atoms with Crippen molar-refractivity contribution < 1.29 is 9.59 Å². The summed E-state index contributed by atoms with van der Waals surface area (Å²) < 4.78 is 0. The van der Waals surface area contributed by atoms with Gasteiger partial charge in [-0.25, -0.2) is 0 Å². The van der Waals surface area contributed by atoms with Crippen molar-refractivity contribution in [2.24, 2.45) is 0 Å². The van der Waals surface area contributed by atoms with Crippen LogP contribution in [0.15, 0.2) is 48.8 Å². The molecule has 2 heterocycles. The summed E-state index contributed by atoms with van der Waals surface area (Å²) in [5, 5.41) is 0.663. The summed E-state index contributed by atoms with van der Waals surface area (Å²) in [5.41, 5.74) is 1.58. The molecule has 5 nitrogen and oxygen atoms in total. The summed E-state index contributed by atoms with van der Waals surface area (Å²) >= 11 is 5.88. The van der Waals surface area contributed by atoms with E-state index in [0.29, 0.717) is 43.2 Å². The van der Waals surface area contributed by atoms with Crippen LogP contribution in [0.1, 0.15) is 22.3 Å². The van der Waals surface area contributed by atoms with Gasteiger partial charge < -0.3 is 9.80 Å². The molecule has 1 saturated heterocycles. The van der Waals surface area contributed by atoms with Crippen molar-refractivity contribution in [3.05, 3.63) is 64.9 Å². The molecule has 0 saturated carbocycles. The molecule has 0 unspecified atom stereocenters. The van der Waals surface area contributed by atoms with E-state index >= 15 is 0 Å². The van der Waals surface area contributed by atoms with E-state index in [1.165, 1.54) is 0 Å². The largest absolute Gasteiger partial charge is 0.341 e. The highest BCUT2D eigenvalue weighted by Crippen LogP contribution is 2.13. The van der Waals surface area contributed by atoms with Gasteiger partial charge in [-0.2, -0.15) is 0 Å². The molecule has 0 spiro atoms. The Bertz CT molecular complexity index is 734. The minimum Gasteiger partial charge on any atom is -0.341 e. The summed E-state index contributed by atoms with van der Waals surface area (Å²) in [6, 6.07) is 10.8. The van der Waals surface area contributed by atoms with Gasteiger partial charge in [0.05, 0.1) is 6.42 Å². The lowest BCUT2D eigenvalue weighted by Gasteiger charge is -2.22. The van der Waals surface area contributed by atoms with E-state index in [9.17, 15) is 9.59 Å². The van der Waals surface area contributed by atoms with Gasteiger partial charge in [-0.05, 0) is 36.2 Å². The van der Waals surface area contributed by atoms with Crippen LogP contribution >= 0.6 is 11.6 Å². The number of hydrogen-bond donors (Lipinski definition) is 0. The predicted molar refractivity (Wildman–Crippen MR) is 96.5 cm³/mol. The zero-order valence-corrected chi connectivity index (χ0v) is 14.7. The first-order valence-electron chi connectivity index (χ1n) is 8.35. The second-order valence-electron chi connectivity index (χ2n) is 6.07. The minimum atomic E-state index is -0.00518. The minimum absolute atomic E-state index is 0.00518. The Morgan fingerprint density at radius 1 is 0.920 bits per heavy atom. The molecule has 6 heteroatoms. The topological polar surface area (TPSA) is 53.5 Å². The van der Waals surface area contributed by atoms with E-state index < -0.39 is 0 Å². The lowest BCUT2D eigenvalue weighted by atomic mass is 10.1. The van der Waals surface area contributed by atoms with Crippen molar-refractivity contribution in [3.63, 3.8) is 0 Å². The Morgan fingerprint density at radius 3 is 2.28 bits per heavy atom. The molecule has 0 aliphatic carbocycles. The SMILES string of the molecule is O=C(Cc1ccc(Cl)cc1)N1CCCN(C(=O)c2ccncc2)CC1. The van der Waals surface area contributed by atoms with Gasteiger partial charge in [-0.1, -0.05) is 23.7 Å². The molecule has 1 aliphatic heterocycles. The lowest BCUT2D eigenvalue weighted by molar-refractivity contribution is -0.130. The monoisotopic (exact) mass is 357 g/mol. The fraction of sp³-hybridized carbons (Fsp3) is 0.316. The Balaban J connectivity index is 1.58. The molecule has 1 aromatic carbocycles. The molecule has 1 fully saturated rings. The van der Waals surface area contributed by atoms with Crippen LogP contribution in [0.3, 0.4) is 0 Å². The highest BCUT2D eigenvalue weighted by molar-refractivity contribution is 6.30. The number of pyridine rings is 1. The normalized spacial score (nSPS) is 14.9. The standard InChI is InChI=1S/C19H20ClN3O2/c20-17-4-2-15(3-5-17)14-18(24)22-10-1-11-23(13-12-22)19(25)16-6-8-21-9-7-16/h2-9H,1,10-14H2. The third-order valence-electron chi connectivity index (χ3n) is 4.33. The Hall–Kier alpha value is -2.40. The fourth-order valence-electron chi connectivity index (χ4n) is 2.94. The Morgan fingerprint density at radius 2 is 1.56 bits per heavy atom. The van der Waals surface area contributed by atoms with Crippen molar-refractivity contribution in [3.8, 4) is 0 Å². The average Bonchev–Trinajstić information content (AvgIpc) is 2.90. The number of carbonyl (C=O) groups excluding carboxylic acids is 2. The average molecular weight is 358 g/mol. The van der Waals surface area contributed by atoms with E-state index in [1.54, 1.807) is 36.7 Å². The number of hydrogen-bond acceptors (Lipinski definition) is 3. The van der Waals surface area contributed by atoms with Crippen LogP contribution in [0.4, 0.5) is 0 Å². The van der Waals surface area contributed by atoms with Crippen molar-refractivity contribution >= 4 is 23.4 Å². The molecule has 0 radical (unpaired) electrons. The van der Waals surface area contributed by atoms with Crippen LogP contribution in [0.5, 0.6) is 0 Å². The number of carbonyl (C=O) groups is 2. The third kappa shape index (κ3) is 4.57. The molecular weight excluding hydrogens is 338 g/mol. The summed E-state index contributed by atoms with van der Waals surface area (Å²) in [5.74, 6) is 0.0786. The van der Waals surface area contributed by atoms with E-state index in [0.717, 1.165) is 12.0 Å². The van der Waals surface area contributed by atoms with Gasteiger partial charge in [-0.15, -0.1) is 0 Å². The van der Waals surface area contributed by atoms with Gasteiger partial charge in [0.15, 0.2) is 0 Å². The van der Waals surface area contributed by atoms with Crippen LogP contribution < -0.4 is 0 Å². The van der Waals surface area contributed by atoms with Crippen LogP contribution in [-0.2, 0) is 11.2 Å². The van der Waals surface area contributed by atoms with Gasteiger partial charge >= 0.3 is 0 Å². The number of amides is 2. The summed E-state index contributed by atoms with van der Waals surface area (Å²) in [7, 11) is 0. The molecule has 0 bridgehead atoms. The third-order valence-corrected chi connectivity index (χ3v) is 4.58. The van der Waals surface area contributed by atoms with Crippen LogP contribution in [0.25, 0.3) is 0 Å². The number of rotatable bonds is 3. The molecule has 130 valence electrons. The number of halogens is 1. The maximum absolute atomic E-state index is 12.5. The first kappa shape index (κ1) is 17.4. The molecule has 0 atom stereocenters. The smallest absolute Gasteiger partial charge is 0.254 e.